The van der Waals surface area contributed by atoms with Crippen LogP contribution in [0.1, 0.15) is 28.8 Å². The molecular weight excluding hydrogens is 773 g/mol. The van der Waals surface area contributed by atoms with E-state index >= 15 is 0 Å². The maximum absolute atomic E-state index is 13.0. The Morgan fingerprint density at radius 1 is 0.911 bits per heavy atom. The Morgan fingerprint density at radius 2 is 1.53 bits per heavy atom. The summed E-state index contributed by atoms with van der Waals surface area (Å²) in [6.07, 6.45) is 3.57. The van der Waals surface area contributed by atoms with Crippen molar-refractivity contribution in [3.05, 3.63) is 117 Å². The van der Waals surface area contributed by atoms with Gasteiger partial charge in [0, 0.05) is 75.4 Å². The van der Waals surface area contributed by atoms with Gasteiger partial charge in [0.1, 0.15) is 11.9 Å². The number of aromatic amines is 2. The second-order valence-electron chi connectivity index (χ2n) is 10.9. The minimum atomic E-state index is -0.972. The molecule has 0 bridgehead atoms. The second-order valence-corrected chi connectivity index (χ2v) is 10.9. The largest absolute Gasteiger partial charge is 0.480 e. The minimum absolute atomic E-state index is 0. The molecule has 5 N–H and O–H groups in total. The van der Waals surface area contributed by atoms with Gasteiger partial charge in [-0.05, 0) is 74.0 Å². The number of ketones is 1. The van der Waals surface area contributed by atoms with Gasteiger partial charge in [-0.15, -0.1) is 0 Å². The zero-order valence-electron chi connectivity index (χ0n) is 24.5. The molecule has 0 aliphatic carbocycles. The molecule has 1 aliphatic rings. The first-order chi connectivity index (χ1) is 21.2. The summed E-state index contributed by atoms with van der Waals surface area (Å²) >= 11 is 0. The number of para-hydroxylation sites is 2. The molecule has 6 rings (SSSR count). The predicted molar refractivity (Wildman–Crippen MR) is 172 cm³/mol. The summed E-state index contributed by atoms with van der Waals surface area (Å²) in [7, 11) is 0. The number of hydrogen-bond donors (Lipinski definition) is 4. The standard InChI is InChI=1S/C22H22FN3O3.C11H12N2O2.Pb/c23-17-7-5-15(6-8-17)20(27)16-9-11-25(12-10-16)13-14-26-21(28)18-3-1-2-4-19(18)24-22(26)29;12-9(11(14)15)5-7-6-13-10-4-2-1-3-8(7)10;/h1-8,16H,9-14H2,(H,24,29);1-4,6,9,13H,5,12H2,(H,14,15);. The maximum atomic E-state index is 13.0. The number of carboxylic acids is 1. The van der Waals surface area contributed by atoms with E-state index in [1.807, 2.05) is 30.5 Å². The number of piperidine rings is 1. The predicted octanol–water partition coefficient (Wildman–Crippen LogP) is 3.17. The van der Waals surface area contributed by atoms with Crippen LogP contribution < -0.4 is 17.0 Å². The van der Waals surface area contributed by atoms with Crippen LogP contribution in [0.15, 0.2) is 88.6 Å². The van der Waals surface area contributed by atoms with Gasteiger partial charge in [0.25, 0.3) is 5.56 Å². The third kappa shape index (κ3) is 8.21. The van der Waals surface area contributed by atoms with Crippen LogP contribution in [0.5, 0.6) is 0 Å². The average molecular weight is 807 g/mol. The second kappa shape index (κ2) is 15.4. The van der Waals surface area contributed by atoms with Crippen molar-refractivity contribution < 1.29 is 19.1 Å². The molecule has 12 heteroatoms. The van der Waals surface area contributed by atoms with Crippen LogP contribution in [-0.4, -0.2) is 89.3 Å². The van der Waals surface area contributed by atoms with Gasteiger partial charge in [0.2, 0.25) is 0 Å². The molecule has 2 aromatic heterocycles. The molecule has 0 spiro atoms. The number of nitrogens with one attached hydrogen (secondary N) is 2. The van der Waals surface area contributed by atoms with E-state index in [2.05, 4.69) is 14.9 Å². The number of Topliss-reactive ketones (excluding diaryl/α,β-unsaturated/α-hetero) is 1. The molecule has 1 fully saturated rings. The number of aromatic nitrogens is 3. The monoisotopic (exact) mass is 807 g/mol. The fourth-order valence-electron chi connectivity index (χ4n) is 5.54. The van der Waals surface area contributed by atoms with Crippen LogP contribution in [0, 0.1) is 11.7 Å². The number of aliphatic carboxylic acids is 1. The quantitative estimate of drug-likeness (QED) is 0.139. The third-order valence-corrected chi connectivity index (χ3v) is 8.05. The number of carbonyl (C=O) groups excluding carboxylic acids is 1. The number of H-pyrrole nitrogens is 2. The number of carbonyl (C=O) groups is 2. The number of benzene rings is 3. The topological polar surface area (TPSA) is 154 Å². The summed E-state index contributed by atoms with van der Waals surface area (Å²) < 4.78 is 14.3. The number of carboxylic acid groups (broad SMARTS) is 1. The summed E-state index contributed by atoms with van der Waals surface area (Å²) in [5.74, 6) is -1.36. The number of nitrogens with zero attached hydrogens (tertiary/aromatic N) is 2. The molecule has 1 unspecified atom stereocenters. The number of nitrogens with two attached hydrogens (primary N) is 1. The number of likely N-dealkylation sites (tertiary alicyclic amines) is 1. The van der Waals surface area contributed by atoms with E-state index in [1.165, 1.54) is 28.8 Å². The Labute approximate surface area is 278 Å². The fourth-order valence-corrected chi connectivity index (χ4v) is 5.54. The summed E-state index contributed by atoms with van der Waals surface area (Å²) in [5, 5.41) is 10.3. The van der Waals surface area contributed by atoms with Crippen LogP contribution in [0.25, 0.3) is 21.8 Å². The smallest absolute Gasteiger partial charge is 0.328 e. The van der Waals surface area contributed by atoms with Crippen molar-refractivity contribution in [1.29, 1.82) is 0 Å². The van der Waals surface area contributed by atoms with Gasteiger partial charge in [0.05, 0.1) is 10.9 Å². The van der Waals surface area contributed by atoms with Crippen LogP contribution in [0.2, 0.25) is 0 Å². The van der Waals surface area contributed by atoms with Gasteiger partial charge in [-0.3, -0.25) is 19.0 Å². The Balaban J connectivity index is 0.000000243. The Bertz CT molecular complexity index is 1890. The summed E-state index contributed by atoms with van der Waals surface area (Å²) in [6.45, 7) is 2.31. The van der Waals surface area contributed by atoms with Gasteiger partial charge in [-0.1, -0.05) is 30.3 Å². The van der Waals surface area contributed by atoms with Crippen LogP contribution in [0.3, 0.4) is 0 Å². The molecule has 0 saturated carbocycles. The molecule has 3 aromatic carbocycles. The Morgan fingerprint density at radius 3 is 2.20 bits per heavy atom. The van der Waals surface area contributed by atoms with E-state index in [4.69, 9.17) is 10.8 Å². The zero-order valence-corrected chi connectivity index (χ0v) is 28.4. The first-order valence-electron chi connectivity index (χ1n) is 14.5. The average Bonchev–Trinajstić information content (AvgIpc) is 3.44. The van der Waals surface area contributed by atoms with Gasteiger partial charge in [-0.2, -0.15) is 0 Å². The van der Waals surface area contributed by atoms with E-state index in [0.717, 1.165) is 29.6 Å². The number of hydrogen-bond acceptors (Lipinski definition) is 6. The molecule has 1 aliphatic heterocycles. The van der Waals surface area contributed by atoms with Crippen molar-refractivity contribution in [2.75, 3.05) is 19.6 Å². The normalized spacial score (nSPS) is 14.4. The third-order valence-electron chi connectivity index (χ3n) is 8.05. The van der Waals surface area contributed by atoms with E-state index in [9.17, 15) is 23.6 Å². The molecule has 45 heavy (non-hydrogen) atoms. The number of halogens is 1. The Hall–Kier alpha value is -3.95. The Kier molecular flexibility index (Phi) is 11.6. The SMILES string of the molecule is NC(Cc1c[nH]c2ccccc12)C(=O)O.O=C(c1ccc(F)cc1)C1CCN(CCn2c(=O)[nH]c3ccccc3c2=O)CC1.[Pb]. The van der Waals surface area contributed by atoms with Gasteiger partial charge in [-0.25, -0.2) is 9.18 Å². The molecule has 232 valence electrons. The number of fused-ring (bicyclic) bond motifs is 2. The molecule has 5 aromatic rings. The first-order valence-corrected chi connectivity index (χ1v) is 14.5. The van der Waals surface area contributed by atoms with E-state index in [1.54, 1.807) is 24.3 Å². The van der Waals surface area contributed by atoms with Crippen molar-refractivity contribution in [2.45, 2.75) is 31.8 Å². The zero-order chi connectivity index (χ0) is 31.2. The van der Waals surface area contributed by atoms with Crippen molar-refractivity contribution in [2.24, 2.45) is 11.7 Å². The van der Waals surface area contributed by atoms with Crippen molar-refractivity contribution in [3.8, 4) is 0 Å². The molecule has 1 saturated heterocycles. The van der Waals surface area contributed by atoms with Crippen LogP contribution in [0.4, 0.5) is 4.39 Å². The molecule has 4 radical (unpaired) electrons. The summed E-state index contributed by atoms with van der Waals surface area (Å²) in [5.41, 5.74) is 7.82. The summed E-state index contributed by atoms with van der Waals surface area (Å²) in [6, 6.07) is 19.6. The van der Waals surface area contributed by atoms with Crippen molar-refractivity contribution in [3.63, 3.8) is 0 Å². The first kappa shape index (κ1) is 33.9. The minimum Gasteiger partial charge on any atom is -0.480 e. The van der Waals surface area contributed by atoms with E-state index < -0.39 is 17.7 Å². The van der Waals surface area contributed by atoms with E-state index in [-0.39, 0.29) is 50.4 Å². The number of rotatable bonds is 8. The van der Waals surface area contributed by atoms with E-state index in [0.29, 0.717) is 48.8 Å². The van der Waals surface area contributed by atoms with Gasteiger partial charge < -0.3 is 25.7 Å². The molecule has 0 amide bonds. The van der Waals surface area contributed by atoms with Crippen LogP contribution in [-0.2, 0) is 17.8 Å². The van der Waals surface area contributed by atoms with Crippen molar-refractivity contribution in [1.82, 2.24) is 19.4 Å². The summed E-state index contributed by atoms with van der Waals surface area (Å²) in [4.78, 5) is 56.1. The van der Waals surface area contributed by atoms with Gasteiger partial charge in [0.15, 0.2) is 5.78 Å². The fraction of sp³-hybridized carbons (Fsp3) is 0.273. The van der Waals surface area contributed by atoms with Gasteiger partial charge >= 0.3 is 11.7 Å². The maximum Gasteiger partial charge on any atom is 0.328 e. The molecule has 1 atom stereocenters. The molecular formula is C33H34FN5O5Pb. The molecule has 10 nitrogen and oxygen atoms in total. The van der Waals surface area contributed by atoms with Crippen molar-refractivity contribution >= 4 is 60.9 Å². The van der Waals surface area contributed by atoms with Crippen LogP contribution >= 0.6 is 0 Å². The molecule has 3 heterocycles.